The Morgan fingerprint density at radius 3 is 2.30 bits per heavy atom. The summed E-state index contributed by atoms with van der Waals surface area (Å²) in [6.07, 6.45) is 2.38. The molecule has 1 aliphatic carbocycles. The molecule has 0 bridgehead atoms. The molecule has 8 rings (SSSR count). The minimum Gasteiger partial charge on any atom is -0.458 e. The zero-order valence-corrected chi connectivity index (χ0v) is 42.4. The third kappa shape index (κ3) is 11.9. The minimum absolute atomic E-state index is 0.00104. The molecule has 4 aliphatic rings. The van der Waals surface area contributed by atoms with Crippen molar-refractivity contribution in [1.82, 2.24) is 40.6 Å². The van der Waals surface area contributed by atoms with E-state index < -0.39 is 96.0 Å². The quantitative estimate of drug-likeness (QED) is 0.0261. The van der Waals surface area contributed by atoms with Crippen molar-refractivity contribution in [3.8, 4) is 11.4 Å². The van der Waals surface area contributed by atoms with Crippen molar-refractivity contribution >= 4 is 64.1 Å². The van der Waals surface area contributed by atoms with Crippen LogP contribution in [0, 0.1) is 12.7 Å². The van der Waals surface area contributed by atoms with E-state index in [2.05, 4.69) is 21.3 Å². The van der Waals surface area contributed by atoms with Crippen LogP contribution in [0.2, 0.25) is 0 Å². The predicted molar refractivity (Wildman–Crippen MR) is 269 cm³/mol. The summed E-state index contributed by atoms with van der Waals surface area (Å²) >= 11 is 0. The molecule has 0 fully saturated rings. The van der Waals surface area contributed by atoms with Gasteiger partial charge in [0.2, 0.25) is 35.4 Å². The Kier molecular flexibility index (Phi) is 17.0. The number of cyclic esters (lactones) is 1. The van der Waals surface area contributed by atoms with Crippen LogP contribution in [0.15, 0.2) is 59.4 Å². The summed E-state index contributed by atoms with van der Waals surface area (Å²) in [4.78, 5) is 137. The van der Waals surface area contributed by atoms with Gasteiger partial charge in [-0.05, 0) is 54.5 Å². The molecule has 0 spiro atoms. The van der Waals surface area contributed by atoms with Crippen molar-refractivity contribution < 1.29 is 66.9 Å². The molecule has 0 saturated heterocycles. The molecule has 0 unspecified atom stereocenters. The summed E-state index contributed by atoms with van der Waals surface area (Å²) in [6.45, 7) is 1.67. The summed E-state index contributed by atoms with van der Waals surface area (Å²) in [7, 11) is 0. The van der Waals surface area contributed by atoms with E-state index in [1.54, 1.807) is 44.2 Å². The highest BCUT2D eigenvalue weighted by atomic mass is 19.1. The summed E-state index contributed by atoms with van der Waals surface area (Å²) in [6, 6.07) is 9.26. The lowest BCUT2D eigenvalue weighted by atomic mass is 9.80. The zero-order valence-electron chi connectivity index (χ0n) is 42.4. The van der Waals surface area contributed by atoms with Crippen LogP contribution < -0.4 is 32.6 Å². The highest BCUT2D eigenvalue weighted by Crippen LogP contribution is 2.47. The maximum Gasteiger partial charge on any atom is 0.343 e. The first-order chi connectivity index (χ1) is 36.9. The predicted octanol–water partition coefficient (Wildman–Crippen LogP) is -0.357. The summed E-state index contributed by atoms with van der Waals surface area (Å²) < 4.78 is 33.2. The van der Waals surface area contributed by atoms with E-state index in [9.17, 15) is 48.3 Å². The van der Waals surface area contributed by atoms with Gasteiger partial charge in [-0.25, -0.2) is 14.2 Å². The standard InChI is InChI=1S/C53H58FN9O14/c1-3-53(74)34-22-39-49-32(26-62(39)50(71)33(34)28-77-52(53)73)48-38(10-9-31-29(2)35(54)23-36(60-49)47(31)48)63(27-40(55)64)51(72)37(21-30-7-5-4-6-8-30)59-44(68)25-58-43(67)24-57-42(66)14-17-75-19-20-76-18-15-56-41(65)13-16-61-45(69)11-12-46(61)70/h4-8,11-12,22-23,37-38,74H,3,9-10,13-21,24-28H2,1-2H3,(H2,55,64)(H,56,65)(H,57,66)(H,58,67)(H,59,68)/t37-,38-,53-/m0/s1. The van der Waals surface area contributed by atoms with E-state index in [1.807, 2.05) is 0 Å². The van der Waals surface area contributed by atoms with Crippen molar-refractivity contribution in [3.63, 3.8) is 0 Å². The maximum absolute atomic E-state index is 15.7. The molecule has 5 heterocycles. The zero-order chi connectivity index (χ0) is 55.1. The molecule has 406 valence electrons. The molecule has 24 heteroatoms. The second-order valence-electron chi connectivity index (χ2n) is 18.9. The summed E-state index contributed by atoms with van der Waals surface area (Å²) in [5, 5.41) is 22.2. The number of fused-ring (bicyclic) bond motifs is 5. The number of aromatic nitrogens is 2. The van der Waals surface area contributed by atoms with Crippen molar-refractivity contribution in [2.45, 2.75) is 83.2 Å². The van der Waals surface area contributed by atoms with E-state index in [-0.39, 0.29) is 125 Å². The van der Waals surface area contributed by atoms with Gasteiger partial charge in [0.25, 0.3) is 17.4 Å². The van der Waals surface area contributed by atoms with Gasteiger partial charge in [0, 0.05) is 67.1 Å². The topological polar surface area (TPSA) is 317 Å². The Labute approximate surface area is 439 Å². The van der Waals surface area contributed by atoms with Gasteiger partial charge in [0.05, 0.1) is 81.1 Å². The Morgan fingerprint density at radius 2 is 1.58 bits per heavy atom. The van der Waals surface area contributed by atoms with Crippen LogP contribution in [0.3, 0.4) is 0 Å². The maximum atomic E-state index is 15.7. The van der Waals surface area contributed by atoms with E-state index in [4.69, 9.17) is 24.9 Å². The third-order valence-electron chi connectivity index (χ3n) is 14.0. The number of ether oxygens (including phenoxy) is 3. The first-order valence-corrected chi connectivity index (χ1v) is 25.1. The number of primary amides is 1. The molecule has 2 aromatic heterocycles. The fourth-order valence-electron chi connectivity index (χ4n) is 10.1. The lowest BCUT2D eigenvalue weighted by Gasteiger charge is -2.38. The number of hydrogen-bond acceptors (Lipinski definition) is 15. The Hall–Kier alpha value is -8.22. The minimum atomic E-state index is -2.12. The lowest BCUT2D eigenvalue weighted by Crippen LogP contribution is -2.54. The van der Waals surface area contributed by atoms with Crippen LogP contribution in [-0.4, -0.2) is 143 Å². The molecule has 3 atom stereocenters. The van der Waals surface area contributed by atoms with Crippen LogP contribution in [0.1, 0.15) is 77.6 Å². The van der Waals surface area contributed by atoms with Gasteiger partial charge >= 0.3 is 5.97 Å². The van der Waals surface area contributed by atoms with E-state index in [1.165, 1.54) is 21.6 Å². The number of nitrogens with zero attached hydrogens (tertiary/aromatic N) is 4. The van der Waals surface area contributed by atoms with Crippen molar-refractivity contribution in [2.24, 2.45) is 5.73 Å². The number of benzene rings is 2. The number of carbonyl (C=O) groups is 9. The SMILES string of the molecule is CC[C@@]1(O)C(=O)OCc2c1cc1n(c2=O)Cc2c-1nc1cc(F)c(C)c3c1c2[C@@H](N(CC(N)=O)C(=O)[C@H](Cc1ccccc1)NC(=O)CNC(=O)CNC(=O)CCOCCOCCNC(=O)CCN1C(=O)C=CC1=O)CC3. The monoisotopic (exact) mass is 1060 g/mol. The van der Waals surface area contributed by atoms with Gasteiger partial charge in [-0.1, -0.05) is 37.3 Å². The molecular formula is C53H58FN9O14. The largest absolute Gasteiger partial charge is 0.458 e. The fraction of sp³-hybridized carbons (Fsp3) is 0.415. The van der Waals surface area contributed by atoms with Gasteiger partial charge in [0.1, 0.15) is 18.5 Å². The van der Waals surface area contributed by atoms with Crippen LogP contribution in [-0.2, 0) is 89.0 Å². The first-order valence-electron chi connectivity index (χ1n) is 25.1. The van der Waals surface area contributed by atoms with Crippen molar-refractivity contribution in [2.75, 3.05) is 59.2 Å². The Morgan fingerprint density at radius 1 is 0.896 bits per heavy atom. The second kappa shape index (κ2) is 23.8. The van der Waals surface area contributed by atoms with Gasteiger partial charge in [-0.2, -0.15) is 0 Å². The van der Waals surface area contributed by atoms with Crippen molar-refractivity contribution in [1.29, 1.82) is 0 Å². The molecular weight excluding hydrogens is 1010 g/mol. The Bertz CT molecular complexity index is 3150. The van der Waals surface area contributed by atoms with Gasteiger partial charge < -0.3 is 55.8 Å². The molecule has 23 nitrogen and oxygen atoms in total. The molecule has 3 aliphatic heterocycles. The molecule has 8 amide bonds. The van der Waals surface area contributed by atoms with Crippen LogP contribution in [0.5, 0.6) is 0 Å². The number of rotatable bonds is 24. The van der Waals surface area contributed by atoms with Gasteiger partial charge in [0.15, 0.2) is 5.60 Å². The number of nitrogens with two attached hydrogens (primary N) is 1. The smallest absolute Gasteiger partial charge is 0.343 e. The number of carbonyl (C=O) groups excluding carboxylic acids is 9. The van der Waals surface area contributed by atoms with Crippen LogP contribution in [0.4, 0.5) is 4.39 Å². The van der Waals surface area contributed by atoms with Crippen molar-refractivity contribution in [3.05, 3.63) is 110 Å². The number of pyridine rings is 2. The van der Waals surface area contributed by atoms with E-state index in [0.717, 1.165) is 17.1 Å². The average molecular weight is 1060 g/mol. The van der Waals surface area contributed by atoms with Crippen LogP contribution in [0.25, 0.3) is 22.3 Å². The number of amides is 8. The molecule has 0 radical (unpaired) electrons. The molecule has 7 N–H and O–H groups in total. The number of nitrogens with one attached hydrogen (secondary N) is 4. The molecule has 0 saturated carbocycles. The Balaban J connectivity index is 0.898. The molecule has 2 aromatic carbocycles. The fourth-order valence-corrected chi connectivity index (χ4v) is 10.1. The lowest BCUT2D eigenvalue weighted by molar-refractivity contribution is -0.172. The highest BCUT2D eigenvalue weighted by Gasteiger charge is 2.46. The van der Waals surface area contributed by atoms with Crippen LogP contribution >= 0.6 is 0 Å². The number of esters is 1. The number of aryl methyl sites for hydroxylation is 1. The second-order valence-corrected chi connectivity index (χ2v) is 18.9. The summed E-state index contributed by atoms with van der Waals surface area (Å²) in [5.74, 6) is -6.33. The van der Waals surface area contributed by atoms with Gasteiger partial charge in [-0.15, -0.1) is 0 Å². The average Bonchev–Trinajstić information content (AvgIpc) is 4.04. The molecule has 4 aromatic rings. The number of hydrogen-bond donors (Lipinski definition) is 6. The summed E-state index contributed by atoms with van der Waals surface area (Å²) in [5.41, 5.74) is 6.64. The highest BCUT2D eigenvalue weighted by molar-refractivity contribution is 6.13. The normalized spacial score (nSPS) is 17.3. The molecule has 77 heavy (non-hydrogen) atoms. The third-order valence-corrected chi connectivity index (χ3v) is 14.0. The van der Waals surface area contributed by atoms with E-state index in [0.29, 0.717) is 33.2 Å². The van der Waals surface area contributed by atoms with Gasteiger partial charge in [-0.3, -0.25) is 48.1 Å². The number of imide groups is 1. The first kappa shape index (κ1) is 55.0. The van der Waals surface area contributed by atoms with E-state index >= 15 is 9.18 Å². The number of halogens is 1. The number of aliphatic hydroxyl groups is 1.